The number of carbonyl (C=O) groups is 2. The van der Waals surface area contributed by atoms with Crippen molar-refractivity contribution in [2.75, 3.05) is 13.7 Å². The van der Waals surface area contributed by atoms with Crippen LogP contribution in [0.2, 0.25) is 0 Å². The zero-order valence-corrected chi connectivity index (χ0v) is 19.6. The lowest BCUT2D eigenvalue weighted by Crippen LogP contribution is -2.11. The first kappa shape index (κ1) is 24.2. The first-order valence-corrected chi connectivity index (χ1v) is 11.2. The molecule has 0 saturated heterocycles. The van der Waals surface area contributed by atoms with Crippen molar-refractivity contribution in [3.05, 3.63) is 82.9 Å². The van der Waals surface area contributed by atoms with Gasteiger partial charge in [0, 0.05) is 24.9 Å². The molecular formula is C27H30FNO4. The molecular weight excluding hydrogens is 421 g/mol. The summed E-state index contributed by atoms with van der Waals surface area (Å²) in [6, 6.07) is 13.8. The molecule has 0 aliphatic carbocycles. The average Bonchev–Trinajstić information content (AvgIpc) is 3.20. The minimum absolute atomic E-state index is 0.226. The number of nitrogens with zero attached hydrogens (tertiary/aromatic N) is 1. The Kier molecular flexibility index (Phi) is 8.04. The average molecular weight is 452 g/mol. The van der Waals surface area contributed by atoms with Gasteiger partial charge in [-0.15, -0.1) is 0 Å². The Morgan fingerprint density at radius 2 is 1.82 bits per heavy atom. The van der Waals surface area contributed by atoms with Crippen molar-refractivity contribution in [1.29, 1.82) is 0 Å². The number of esters is 2. The van der Waals surface area contributed by atoms with Gasteiger partial charge in [-0.2, -0.15) is 0 Å². The van der Waals surface area contributed by atoms with Crippen molar-refractivity contribution in [3.63, 3.8) is 0 Å². The van der Waals surface area contributed by atoms with E-state index in [-0.39, 0.29) is 11.7 Å². The molecule has 0 bridgehead atoms. The Balaban J connectivity index is 1.89. The van der Waals surface area contributed by atoms with Gasteiger partial charge in [-0.3, -0.25) is 0 Å². The number of hydrogen-bond acceptors (Lipinski definition) is 4. The number of aromatic nitrogens is 1. The summed E-state index contributed by atoms with van der Waals surface area (Å²) in [4.78, 5) is 24.5. The van der Waals surface area contributed by atoms with Gasteiger partial charge in [0.05, 0.1) is 24.8 Å². The van der Waals surface area contributed by atoms with Crippen LogP contribution in [0.3, 0.4) is 0 Å². The molecule has 0 fully saturated rings. The largest absolute Gasteiger partial charge is 0.465 e. The molecule has 0 N–H and O–H groups in total. The van der Waals surface area contributed by atoms with Gasteiger partial charge in [-0.25, -0.2) is 14.0 Å². The number of carbonyl (C=O) groups excluding carboxylic acids is 2. The third kappa shape index (κ3) is 5.89. The molecule has 3 aromatic rings. The van der Waals surface area contributed by atoms with Crippen LogP contribution in [0.25, 0.3) is 11.1 Å². The van der Waals surface area contributed by atoms with E-state index in [4.69, 9.17) is 9.47 Å². The fourth-order valence-electron chi connectivity index (χ4n) is 3.67. The van der Waals surface area contributed by atoms with Crippen LogP contribution in [-0.4, -0.2) is 30.2 Å². The molecule has 1 aromatic heterocycles. The maximum Gasteiger partial charge on any atom is 0.339 e. The molecule has 0 atom stereocenters. The van der Waals surface area contributed by atoms with E-state index in [0.717, 1.165) is 18.7 Å². The summed E-state index contributed by atoms with van der Waals surface area (Å²) in [7, 11) is 1.34. The Labute approximate surface area is 194 Å². The summed E-state index contributed by atoms with van der Waals surface area (Å²) in [6.07, 6.45) is 2.96. The van der Waals surface area contributed by atoms with Crippen LogP contribution in [0, 0.1) is 11.7 Å². The predicted molar refractivity (Wildman–Crippen MR) is 126 cm³/mol. The first-order valence-electron chi connectivity index (χ1n) is 11.2. The second-order valence-electron chi connectivity index (χ2n) is 8.43. The minimum atomic E-state index is -0.420. The van der Waals surface area contributed by atoms with Gasteiger partial charge in [0.2, 0.25) is 0 Å². The first-order chi connectivity index (χ1) is 15.8. The van der Waals surface area contributed by atoms with E-state index >= 15 is 4.39 Å². The SMILES string of the molecule is CCCn1cc(C(=O)OC)cc1Cc1ccc(-c2ccccc2C(=O)OCC(C)C)cc1F. The number of methoxy groups -OCH3 is 1. The molecule has 0 amide bonds. The standard InChI is InChI=1S/C27H30FNO4/c1-5-12-29-16-21(26(30)32-4)14-22(29)13-20-11-10-19(15-25(20)28)23-8-6-7-9-24(23)27(31)33-17-18(2)3/h6-11,14-16,18H,5,12-13,17H2,1-4H3. The normalized spacial score (nSPS) is 11.0. The number of benzene rings is 2. The number of rotatable bonds is 9. The van der Waals surface area contributed by atoms with Gasteiger partial charge < -0.3 is 14.0 Å². The van der Waals surface area contributed by atoms with Crippen LogP contribution in [0.15, 0.2) is 54.7 Å². The highest BCUT2D eigenvalue weighted by Gasteiger charge is 2.17. The summed E-state index contributed by atoms with van der Waals surface area (Å²) >= 11 is 0. The fraction of sp³-hybridized carbons (Fsp3) is 0.333. The highest BCUT2D eigenvalue weighted by molar-refractivity contribution is 5.97. The van der Waals surface area contributed by atoms with Crippen LogP contribution in [-0.2, 0) is 22.4 Å². The van der Waals surface area contributed by atoms with Crippen molar-refractivity contribution in [2.24, 2.45) is 5.92 Å². The molecule has 1 heterocycles. The Bertz CT molecular complexity index is 1130. The fourth-order valence-corrected chi connectivity index (χ4v) is 3.67. The number of hydrogen-bond donors (Lipinski definition) is 0. The van der Waals surface area contributed by atoms with Gasteiger partial charge in [-0.05, 0) is 47.2 Å². The van der Waals surface area contributed by atoms with Gasteiger partial charge >= 0.3 is 11.9 Å². The maximum atomic E-state index is 15.1. The highest BCUT2D eigenvalue weighted by atomic mass is 19.1. The molecule has 6 heteroatoms. The molecule has 2 aromatic carbocycles. The van der Waals surface area contributed by atoms with Crippen molar-refractivity contribution >= 4 is 11.9 Å². The highest BCUT2D eigenvalue weighted by Crippen LogP contribution is 2.27. The lowest BCUT2D eigenvalue weighted by atomic mass is 9.97. The maximum absolute atomic E-state index is 15.1. The number of ether oxygens (including phenoxy) is 2. The van der Waals surface area contributed by atoms with Crippen LogP contribution >= 0.6 is 0 Å². The third-order valence-corrected chi connectivity index (χ3v) is 5.30. The zero-order valence-electron chi connectivity index (χ0n) is 19.6. The smallest absolute Gasteiger partial charge is 0.339 e. The minimum Gasteiger partial charge on any atom is -0.465 e. The zero-order chi connectivity index (χ0) is 24.0. The topological polar surface area (TPSA) is 57.5 Å². The lowest BCUT2D eigenvalue weighted by Gasteiger charge is -2.13. The summed E-state index contributed by atoms with van der Waals surface area (Å²) in [5.74, 6) is -0.981. The molecule has 0 aliphatic rings. The molecule has 174 valence electrons. The Hall–Kier alpha value is -3.41. The van der Waals surface area contributed by atoms with Gasteiger partial charge in [-0.1, -0.05) is 51.1 Å². The molecule has 33 heavy (non-hydrogen) atoms. The van der Waals surface area contributed by atoms with Crippen molar-refractivity contribution < 1.29 is 23.5 Å². The predicted octanol–water partition coefficient (Wildman–Crippen LogP) is 5.89. The number of aryl methyl sites for hydroxylation is 1. The molecule has 0 saturated carbocycles. The molecule has 5 nitrogen and oxygen atoms in total. The van der Waals surface area contributed by atoms with Crippen molar-refractivity contribution in [3.8, 4) is 11.1 Å². The van der Waals surface area contributed by atoms with Gasteiger partial charge in [0.15, 0.2) is 0 Å². The summed E-state index contributed by atoms with van der Waals surface area (Å²) < 4.78 is 27.3. The van der Waals surface area contributed by atoms with Gasteiger partial charge in [0.25, 0.3) is 0 Å². The van der Waals surface area contributed by atoms with E-state index in [1.54, 1.807) is 42.6 Å². The third-order valence-electron chi connectivity index (χ3n) is 5.30. The lowest BCUT2D eigenvalue weighted by molar-refractivity contribution is 0.0459. The van der Waals surface area contributed by atoms with Crippen LogP contribution in [0.1, 0.15) is 59.2 Å². The van der Waals surface area contributed by atoms with Gasteiger partial charge in [0.1, 0.15) is 5.82 Å². The summed E-state index contributed by atoms with van der Waals surface area (Å²) in [5.41, 5.74) is 3.43. The van der Waals surface area contributed by atoms with Crippen LogP contribution in [0.4, 0.5) is 4.39 Å². The Morgan fingerprint density at radius 1 is 1.06 bits per heavy atom. The summed E-state index contributed by atoms with van der Waals surface area (Å²) in [5, 5.41) is 0. The molecule has 0 aliphatic heterocycles. The van der Waals surface area contributed by atoms with E-state index in [1.807, 2.05) is 31.4 Å². The Morgan fingerprint density at radius 3 is 2.48 bits per heavy atom. The summed E-state index contributed by atoms with van der Waals surface area (Å²) in [6.45, 7) is 7.03. The van der Waals surface area contributed by atoms with Crippen LogP contribution < -0.4 is 0 Å². The second-order valence-corrected chi connectivity index (χ2v) is 8.43. The monoisotopic (exact) mass is 451 g/mol. The van der Waals surface area contributed by atoms with E-state index in [9.17, 15) is 9.59 Å². The van der Waals surface area contributed by atoms with E-state index in [2.05, 4.69) is 0 Å². The number of halogens is 1. The van der Waals surface area contributed by atoms with E-state index in [0.29, 0.717) is 40.8 Å². The quantitative estimate of drug-likeness (QED) is 0.381. The van der Waals surface area contributed by atoms with E-state index < -0.39 is 11.9 Å². The molecule has 0 radical (unpaired) electrons. The second kappa shape index (κ2) is 10.9. The molecule has 0 spiro atoms. The molecule has 3 rings (SSSR count). The van der Waals surface area contributed by atoms with Crippen LogP contribution in [0.5, 0.6) is 0 Å². The van der Waals surface area contributed by atoms with Crippen molar-refractivity contribution in [1.82, 2.24) is 4.57 Å². The van der Waals surface area contributed by atoms with Crippen molar-refractivity contribution in [2.45, 2.75) is 40.2 Å². The van der Waals surface area contributed by atoms with E-state index in [1.165, 1.54) is 13.2 Å². The molecule has 0 unspecified atom stereocenters.